The fourth-order valence-electron chi connectivity index (χ4n) is 2.56. The quantitative estimate of drug-likeness (QED) is 0.568. The van der Waals surface area contributed by atoms with E-state index in [9.17, 15) is 4.79 Å². The van der Waals surface area contributed by atoms with Crippen LogP contribution in [0.4, 0.5) is 0 Å². The molecule has 0 N–H and O–H groups in total. The van der Waals surface area contributed by atoms with E-state index >= 15 is 0 Å². The van der Waals surface area contributed by atoms with E-state index in [0.29, 0.717) is 11.3 Å². The Balaban J connectivity index is 1.94. The molecule has 2 aromatic carbocycles. The van der Waals surface area contributed by atoms with E-state index < -0.39 is 0 Å². The van der Waals surface area contributed by atoms with E-state index in [4.69, 9.17) is 0 Å². The van der Waals surface area contributed by atoms with Crippen LogP contribution in [0.25, 0.3) is 22.6 Å². The van der Waals surface area contributed by atoms with Crippen molar-refractivity contribution in [2.24, 2.45) is 0 Å². The Bertz CT molecular complexity index is 985. The first kappa shape index (κ1) is 12.6. The number of hydrogen-bond donors (Lipinski definition) is 0. The van der Waals surface area contributed by atoms with Crippen LogP contribution in [-0.2, 0) is 0 Å². The lowest BCUT2D eigenvalue weighted by Gasteiger charge is -2.07. The molecule has 2 heterocycles. The predicted octanol–water partition coefficient (Wildman–Crippen LogP) is 3.15. The Labute approximate surface area is 126 Å². The van der Waals surface area contributed by atoms with E-state index in [1.165, 1.54) is 0 Å². The Kier molecular flexibility index (Phi) is 2.86. The highest BCUT2D eigenvalue weighted by atomic mass is 16.1. The summed E-state index contributed by atoms with van der Waals surface area (Å²) >= 11 is 0. The summed E-state index contributed by atoms with van der Waals surface area (Å²) in [4.78, 5) is 17.1. The second-order valence-corrected chi connectivity index (χ2v) is 5.01. The second kappa shape index (κ2) is 5.00. The third kappa shape index (κ3) is 2.02. The first-order chi connectivity index (χ1) is 10.8. The van der Waals surface area contributed by atoms with Gasteiger partial charge in [0, 0.05) is 23.9 Å². The SMILES string of the molecule is O=c1cc(-c2ccccc2)nc2ccn(-c3ccccc3)n12. The minimum absolute atomic E-state index is 0.0993. The second-order valence-electron chi connectivity index (χ2n) is 5.01. The van der Waals surface area contributed by atoms with Crippen molar-refractivity contribution in [1.29, 1.82) is 0 Å². The zero-order valence-corrected chi connectivity index (χ0v) is 11.8. The van der Waals surface area contributed by atoms with Crippen molar-refractivity contribution in [2.45, 2.75) is 0 Å². The molecule has 0 radical (unpaired) electrons. The summed E-state index contributed by atoms with van der Waals surface area (Å²) in [6.07, 6.45) is 1.86. The summed E-state index contributed by atoms with van der Waals surface area (Å²) in [6, 6.07) is 22.9. The number of benzene rings is 2. The highest BCUT2D eigenvalue weighted by Gasteiger charge is 2.08. The van der Waals surface area contributed by atoms with Gasteiger partial charge in [0.05, 0.1) is 11.4 Å². The van der Waals surface area contributed by atoms with Crippen LogP contribution in [0.5, 0.6) is 0 Å². The van der Waals surface area contributed by atoms with Crippen LogP contribution >= 0.6 is 0 Å². The third-order valence-electron chi connectivity index (χ3n) is 3.59. The van der Waals surface area contributed by atoms with Crippen LogP contribution in [0.15, 0.2) is 83.8 Å². The van der Waals surface area contributed by atoms with E-state index in [1.54, 1.807) is 15.3 Å². The van der Waals surface area contributed by atoms with Gasteiger partial charge in [0.25, 0.3) is 5.56 Å². The van der Waals surface area contributed by atoms with Gasteiger partial charge in [0.1, 0.15) is 0 Å². The molecule has 0 aliphatic heterocycles. The fraction of sp³-hybridized carbons (Fsp3) is 0. The number of nitrogens with zero attached hydrogens (tertiary/aromatic N) is 3. The summed E-state index contributed by atoms with van der Waals surface area (Å²) < 4.78 is 3.38. The largest absolute Gasteiger partial charge is 0.273 e. The minimum atomic E-state index is -0.0993. The van der Waals surface area contributed by atoms with Crippen molar-refractivity contribution < 1.29 is 0 Å². The molecular weight excluding hydrogens is 274 g/mol. The van der Waals surface area contributed by atoms with Crippen molar-refractivity contribution in [2.75, 3.05) is 0 Å². The molecule has 2 aromatic heterocycles. The Hall–Kier alpha value is -3.14. The molecule has 0 saturated carbocycles. The normalized spacial score (nSPS) is 10.9. The van der Waals surface area contributed by atoms with E-state index in [-0.39, 0.29) is 5.56 Å². The van der Waals surface area contributed by atoms with Crippen LogP contribution in [-0.4, -0.2) is 14.2 Å². The molecule has 4 nitrogen and oxygen atoms in total. The monoisotopic (exact) mass is 287 g/mol. The lowest BCUT2D eigenvalue weighted by atomic mass is 10.1. The van der Waals surface area contributed by atoms with Crippen LogP contribution in [0, 0.1) is 0 Å². The number of hydrogen-bond acceptors (Lipinski definition) is 2. The van der Waals surface area contributed by atoms with E-state index in [2.05, 4.69) is 4.98 Å². The number of rotatable bonds is 2. The van der Waals surface area contributed by atoms with Crippen molar-refractivity contribution in [3.8, 4) is 16.9 Å². The summed E-state index contributed by atoms with van der Waals surface area (Å²) in [6.45, 7) is 0. The molecule has 0 bridgehead atoms. The predicted molar refractivity (Wildman–Crippen MR) is 86.2 cm³/mol. The standard InChI is InChI=1S/C18H13N3O/c22-18-13-16(14-7-3-1-4-8-14)19-17-11-12-20(21(17)18)15-9-5-2-6-10-15/h1-13H. The zero-order chi connectivity index (χ0) is 14.9. The van der Waals surface area contributed by atoms with E-state index in [0.717, 1.165) is 11.3 Å². The minimum Gasteiger partial charge on any atom is -0.267 e. The first-order valence-electron chi connectivity index (χ1n) is 7.05. The van der Waals surface area contributed by atoms with Gasteiger partial charge in [-0.05, 0) is 12.1 Å². The zero-order valence-electron chi connectivity index (χ0n) is 11.8. The average molecular weight is 287 g/mol. The molecule has 0 aliphatic carbocycles. The Morgan fingerprint density at radius 1 is 0.818 bits per heavy atom. The molecule has 0 spiro atoms. The first-order valence-corrected chi connectivity index (χ1v) is 7.05. The van der Waals surface area contributed by atoms with Crippen molar-refractivity contribution in [3.63, 3.8) is 0 Å². The van der Waals surface area contributed by atoms with Gasteiger partial charge in [-0.15, -0.1) is 0 Å². The smallest absolute Gasteiger partial charge is 0.267 e. The third-order valence-corrected chi connectivity index (χ3v) is 3.59. The lowest BCUT2D eigenvalue weighted by molar-refractivity contribution is 0.765. The van der Waals surface area contributed by atoms with Crippen molar-refractivity contribution in [1.82, 2.24) is 14.2 Å². The number of aromatic nitrogens is 3. The van der Waals surface area contributed by atoms with Gasteiger partial charge in [-0.1, -0.05) is 48.5 Å². The van der Waals surface area contributed by atoms with Gasteiger partial charge >= 0.3 is 0 Å². The van der Waals surface area contributed by atoms with Gasteiger partial charge in [-0.3, -0.25) is 9.48 Å². The van der Waals surface area contributed by atoms with Gasteiger partial charge in [-0.25, -0.2) is 4.98 Å². The van der Waals surface area contributed by atoms with Crippen LogP contribution in [0.3, 0.4) is 0 Å². The summed E-state index contributed by atoms with van der Waals surface area (Å²) in [5.41, 5.74) is 3.09. The van der Waals surface area contributed by atoms with Gasteiger partial charge in [-0.2, -0.15) is 4.52 Å². The molecule has 0 atom stereocenters. The lowest BCUT2D eigenvalue weighted by Crippen LogP contribution is -2.19. The molecule has 4 heteroatoms. The molecule has 0 saturated heterocycles. The van der Waals surface area contributed by atoms with Crippen LogP contribution in [0.1, 0.15) is 0 Å². The molecule has 0 unspecified atom stereocenters. The summed E-state index contributed by atoms with van der Waals surface area (Å²) in [7, 11) is 0. The Morgan fingerprint density at radius 2 is 1.50 bits per heavy atom. The average Bonchev–Trinajstić information content (AvgIpc) is 3.01. The maximum atomic E-state index is 12.5. The van der Waals surface area contributed by atoms with Crippen molar-refractivity contribution in [3.05, 3.63) is 89.3 Å². The van der Waals surface area contributed by atoms with Crippen LogP contribution in [0.2, 0.25) is 0 Å². The van der Waals surface area contributed by atoms with E-state index in [1.807, 2.05) is 72.9 Å². The van der Waals surface area contributed by atoms with Crippen LogP contribution < -0.4 is 5.56 Å². The van der Waals surface area contributed by atoms with Gasteiger partial charge in [0.2, 0.25) is 0 Å². The molecule has 0 aliphatic rings. The molecule has 22 heavy (non-hydrogen) atoms. The van der Waals surface area contributed by atoms with Gasteiger partial charge in [0.15, 0.2) is 5.65 Å². The number of para-hydroxylation sites is 1. The number of fused-ring (bicyclic) bond motifs is 1. The summed E-state index contributed by atoms with van der Waals surface area (Å²) in [5, 5.41) is 0. The Morgan fingerprint density at radius 3 is 2.23 bits per heavy atom. The summed E-state index contributed by atoms with van der Waals surface area (Å²) in [5.74, 6) is 0. The molecule has 0 fully saturated rings. The topological polar surface area (TPSA) is 39.3 Å². The maximum Gasteiger partial charge on any atom is 0.273 e. The molecule has 106 valence electrons. The van der Waals surface area contributed by atoms with Crippen molar-refractivity contribution >= 4 is 5.65 Å². The molecule has 0 amide bonds. The fourth-order valence-corrected chi connectivity index (χ4v) is 2.56. The molecular formula is C18H13N3O. The highest BCUT2D eigenvalue weighted by molar-refractivity contribution is 5.61. The van der Waals surface area contributed by atoms with Gasteiger partial charge < -0.3 is 0 Å². The molecule has 4 aromatic rings. The highest BCUT2D eigenvalue weighted by Crippen LogP contribution is 2.16. The molecule has 4 rings (SSSR count). The maximum absolute atomic E-state index is 12.5.